The topological polar surface area (TPSA) is 97.9 Å². The highest BCUT2D eigenvalue weighted by atomic mass is 19.1. The lowest BCUT2D eigenvalue weighted by Crippen LogP contribution is -2.47. The van der Waals surface area contributed by atoms with E-state index >= 15 is 0 Å². The minimum absolute atomic E-state index is 0.0673. The Hall–Kier alpha value is -3.56. The normalized spacial score (nSPS) is 16.2. The molecule has 2 amide bonds. The highest BCUT2D eigenvalue weighted by Crippen LogP contribution is 2.25. The molecular weight excluding hydrogens is 401 g/mol. The number of imidazole rings is 1. The van der Waals surface area contributed by atoms with Gasteiger partial charge in [0.15, 0.2) is 0 Å². The predicted molar refractivity (Wildman–Crippen MR) is 111 cm³/mol. The number of hydrogen-bond acceptors (Lipinski definition) is 5. The maximum Gasteiger partial charge on any atom is 0.291 e. The van der Waals surface area contributed by atoms with Crippen molar-refractivity contribution in [1.82, 2.24) is 29.6 Å². The van der Waals surface area contributed by atoms with Crippen molar-refractivity contribution in [3.8, 4) is 0 Å². The summed E-state index contributed by atoms with van der Waals surface area (Å²) < 4.78 is 17.5. The van der Waals surface area contributed by atoms with E-state index in [4.69, 9.17) is 0 Å². The highest BCUT2D eigenvalue weighted by molar-refractivity contribution is 6.01. The Bertz CT molecular complexity index is 1150. The second kappa shape index (κ2) is 7.93. The Morgan fingerprint density at radius 1 is 1.29 bits per heavy atom. The number of anilines is 1. The Morgan fingerprint density at radius 2 is 2.06 bits per heavy atom. The summed E-state index contributed by atoms with van der Waals surface area (Å²) in [4.78, 5) is 35.7. The van der Waals surface area contributed by atoms with Crippen LogP contribution in [0.4, 0.5) is 10.2 Å². The second-order valence-electron chi connectivity index (χ2n) is 7.73. The summed E-state index contributed by atoms with van der Waals surface area (Å²) in [5, 5.41) is 6.91. The van der Waals surface area contributed by atoms with E-state index < -0.39 is 11.9 Å². The van der Waals surface area contributed by atoms with E-state index in [1.165, 1.54) is 22.0 Å². The van der Waals surface area contributed by atoms with Crippen molar-refractivity contribution in [2.45, 2.75) is 46.3 Å². The number of nitrogens with zero attached hydrogens (tertiary/aromatic N) is 6. The molecule has 0 spiro atoms. The van der Waals surface area contributed by atoms with Crippen molar-refractivity contribution in [2.24, 2.45) is 0 Å². The monoisotopic (exact) mass is 425 g/mol. The maximum atomic E-state index is 14.1. The number of aryl methyl sites for hydroxylation is 3. The first-order valence-corrected chi connectivity index (χ1v) is 10.0. The van der Waals surface area contributed by atoms with Crippen LogP contribution in [0.3, 0.4) is 0 Å². The van der Waals surface area contributed by atoms with Gasteiger partial charge in [0, 0.05) is 19.2 Å². The Balaban J connectivity index is 1.48. The van der Waals surface area contributed by atoms with Gasteiger partial charge in [0.05, 0.1) is 12.2 Å². The quantitative estimate of drug-likeness (QED) is 0.687. The van der Waals surface area contributed by atoms with Crippen molar-refractivity contribution in [3.63, 3.8) is 0 Å². The van der Waals surface area contributed by atoms with E-state index in [0.29, 0.717) is 18.5 Å². The molecular formula is C21H24FN7O2. The molecule has 0 saturated heterocycles. The molecule has 3 heterocycles. The van der Waals surface area contributed by atoms with E-state index in [9.17, 15) is 14.0 Å². The molecule has 3 aromatic rings. The number of halogens is 1. The molecule has 162 valence electrons. The first-order valence-electron chi connectivity index (χ1n) is 10.0. The van der Waals surface area contributed by atoms with Crippen LogP contribution in [0.25, 0.3) is 0 Å². The maximum absolute atomic E-state index is 14.1. The molecule has 0 bridgehead atoms. The van der Waals surface area contributed by atoms with Gasteiger partial charge in [0.2, 0.25) is 5.82 Å². The number of carbonyl (C=O) groups is 2. The lowest BCUT2D eigenvalue weighted by Gasteiger charge is -2.20. The van der Waals surface area contributed by atoms with Crippen LogP contribution in [0.5, 0.6) is 0 Å². The van der Waals surface area contributed by atoms with Crippen LogP contribution in [0.1, 0.15) is 39.7 Å². The Kier molecular flexibility index (Phi) is 5.30. The van der Waals surface area contributed by atoms with Gasteiger partial charge in [0.25, 0.3) is 11.8 Å². The average Bonchev–Trinajstić information content (AvgIpc) is 3.27. The molecule has 0 radical (unpaired) electrons. The van der Waals surface area contributed by atoms with Gasteiger partial charge in [-0.1, -0.05) is 12.1 Å². The summed E-state index contributed by atoms with van der Waals surface area (Å²) >= 11 is 0. The van der Waals surface area contributed by atoms with Crippen LogP contribution in [0.2, 0.25) is 0 Å². The summed E-state index contributed by atoms with van der Waals surface area (Å²) in [6.07, 6.45) is 1.81. The molecule has 0 saturated carbocycles. The first kappa shape index (κ1) is 20.7. The van der Waals surface area contributed by atoms with Crippen LogP contribution < -0.4 is 10.2 Å². The molecule has 9 nitrogen and oxygen atoms in total. The van der Waals surface area contributed by atoms with Crippen LogP contribution in [-0.4, -0.2) is 49.2 Å². The molecule has 1 N–H and O–H groups in total. The molecule has 4 rings (SSSR count). The van der Waals surface area contributed by atoms with E-state index in [0.717, 1.165) is 22.9 Å². The minimum atomic E-state index is -0.711. The average molecular weight is 425 g/mol. The van der Waals surface area contributed by atoms with Gasteiger partial charge < -0.3 is 9.88 Å². The molecule has 1 aliphatic rings. The van der Waals surface area contributed by atoms with Gasteiger partial charge in [-0.2, -0.15) is 0 Å². The molecule has 1 aromatic carbocycles. The molecule has 10 heteroatoms. The smallest absolute Gasteiger partial charge is 0.291 e. The second-order valence-corrected chi connectivity index (χ2v) is 7.73. The molecule has 1 aliphatic heterocycles. The predicted octanol–water partition coefficient (Wildman–Crippen LogP) is 1.75. The third kappa shape index (κ3) is 3.80. The van der Waals surface area contributed by atoms with Gasteiger partial charge >= 0.3 is 0 Å². The zero-order chi connectivity index (χ0) is 22.3. The fourth-order valence-electron chi connectivity index (χ4n) is 3.97. The molecule has 1 atom stereocenters. The summed E-state index contributed by atoms with van der Waals surface area (Å²) in [6, 6.07) is 4.13. The lowest BCUT2D eigenvalue weighted by atomic mass is 10.1. The van der Waals surface area contributed by atoms with E-state index in [-0.39, 0.29) is 24.1 Å². The number of carbonyl (C=O) groups excluding carboxylic acids is 2. The highest BCUT2D eigenvalue weighted by Gasteiger charge is 2.32. The van der Waals surface area contributed by atoms with Gasteiger partial charge in [-0.3, -0.25) is 14.5 Å². The van der Waals surface area contributed by atoms with Crippen LogP contribution in [0, 0.1) is 26.6 Å². The Morgan fingerprint density at radius 3 is 2.81 bits per heavy atom. The number of likely N-dealkylation sites (N-methyl/N-ethyl adjacent to an activating group) is 1. The molecule has 0 unspecified atom stereocenters. The first-order chi connectivity index (χ1) is 14.8. The third-order valence-corrected chi connectivity index (χ3v) is 5.61. The van der Waals surface area contributed by atoms with Crippen LogP contribution in [-0.2, 0) is 17.9 Å². The van der Waals surface area contributed by atoms with Crippen molar-refractivity contribution in [2.75, 3.05) is 11.9 Å². The van der Waals surface area contributed by atoms with Crippen molar-refractivity contribution in [1.29, 1.82) is 0 Å². The number of fused-ring (bicyclic) bond motifs is 1. The standard InChI is InChI=1S/C21H24FN7O2/c1-12-6-5-7-16(22)15(12)10-28-11-23-18(26-28)19(30)25-17-8-9-29-14(3)24-13(2)20(29)27(4)21(17)31/h5-7,11,17H,8-10H2,1-4H3,(H,25,30)/t17-/m1/s1. The van der Waals surface area contributed by atoms with E-state index in [1.54, 1.807) is 13.1 Å². The summed E-state index contributed by atoms with van der Waals surface area (Å²) in [5.41, 5.74) is 2.04. The number of benzene rings is 1. The zero-order valence-corrected chi connectivity index (χ0v) is 17.9. The number of hydrogen-bond donors (Lipinski definition) is 1. The summed E-state index contributed by atoms with van der Waals surface area (Å²) in [5.74, 6) is 0.384. The Labute approximate surface area is 178 Å². The zero-order valence-electron chi connectivity index (χ0n) is 17.9. The van der Waals surface area contributed by atoms with Crippen LogP contribution in [0.15, 0.2) is 24.5 Å². The molecule has 31 heavy (non-hydrogen) atoms. The van der Waals surface area contributed by atoms with Crippen LogP contribution >= 0.6 is 0 Å². The fourth-order valence-corrected chi connectivity index (χ4v) is 3.97. The fraction of sp³-hybridized carbons (Fsp3) is 0.381. The summed E-state index contributed by atoms with van der Waals surface area (Å²) in [6.45, 7) is 6.27. The SMILES string of the molecule is Cc1cccc(F)c1Cn1cnc(C(=O)N[C@@H]2CCn3c(C)nc(C)c3N(C)C2=O)n1. The minimum Gasteiger partial charge on any atom is -0.337 e. The van der Waals surface area contributed by atoms with Crippen molar-refractivity contribution < 1.29 is 14.0 Å². The van der Waals surface area contributed by atoms with Gasteiger partial charge in [-0.25, -0.2) is 19.0 Å². The largest absolute Gasteiger partial charge is 0.337 e. The van der Waals surface area contributed by atoms with Gasteiger partial charge in [-0.05, 0) is 38.8 Å². The molecule has 0 fully saturated rings. The van der Waals surface area contributed by atoms with Crippen molar-refractivity contribution >= 4 is 17.6 Å². The third-order valence-electron chi connectivity index (χ3n) is 5.61. The van der Waals surface area contributed by atoms with Gasteiger partial charge in [0.1, 0.15) is 29.8 Å². The molecule has 2 aromatic heterocycles. The number of rotatable bonds is 4. The molecule has 0 aliphatic carbocycles. The number of aromatic nitrogens is 5. The van der Waals surface area contributed by atoms with Gasteiger partial charge in [-0.15, -0.1) is 5.10 Å². The van der Waals surface area contributed by atoms with Crippen molar-refractivity contribution in [3.05, 3.63) is 58.8 Å². The number of amides is 2. The van der Waals surface area contributed by atoms with E-state index in [1.807, 2.05) is 31.4 Å². The van der Waals surface area contributed by atoms with E-state index in [2.05, 4.69) is 20.4 Å². The number of nitrogens with one attached hydrogen (secondary N) is 1. The summed E-state index contributed by atoms with van der Waals surface area (Å²) in [7, 11) is 1.68. The lowest BCUT2D eigenvalue weighted by molar-refractivity contribution is -0.120.